The molecule has 0 radical (unpaired) electrons. The van der Waals surface area contributed by atoms with E-state index in [4.69, 9.17) is 0 Å². The predicted octanol–water partition coefficient (Wildman–Crippen LogP) is 2.44. The van der Waals surface area contributed by atoms with Gasteiger partial charge in [0, 0.05) is 23.8 Å². The summed E-state index contributed by atoms with van der Waals surface area (Å²) in [5.41, 5.74) is 0. The van der Waals surface area contributed by atoms with E-state index >= 15 is 0 Å². The van der Waals surface area contributed by atoms with Crippen LogP contribution in [0.2, 0.25) is 0 Å². The van der Waals surface area contributed by atoms with Gasteiger partial charge in [-0.15, -0.1) is 12.4 Å². The molecule has 1 amide bonds. The van der Waals surface area contributed by atoms with Crippen molar-refractivity contribution in [3.8, 4) is 0 Å². The summed E-state index contributed by atoms with van der Waals surface area (Å²) >= 11 is 2.04. The van der Waals surface area contributed by atoms with Crippen molar-refractivity contribution in [3.63, 3.8) is 0 Å². The van der Waals surface area contributed by atoms with Gasteiger partial charge >= 0.3 is 0 Å². The molecule has 0 bridgehead atoms. The van der Waals surface area contributed by atoms with E-state index in [1.807, 2.05) is 25.7 Å². The fourth-order valence-electron chi connectivity index (χ4n) is 2.41. The zero-order chi connectivity index (χ0) is 12.7. The number of carbonyl (C=O) groups excluding carboxylic acids is 1. The molecule has 3 nitrogen and oxygen atoms in total. The van der Waals surface area contributed by atoms with Gasteiger partial charge in [0.2, 0.25) is 5.91 Å². The zero-order valence-electron chi connectivity index (χ0n) is 11.7. The van der Waals surface area contributed by atoms with Crippen molar-refractivity contribution in [3.05, 3.63) is 0 Å². The van der Waals surface area contributed by atoms with Gasteiger partial charge in [-0.25, -0.2) is 0 Å². The molecule has 1 fully saturated rings. The standard InChI is InChI=1S/C13H26N2OS.ClH/c1-4-17-12-7-5-6-11(8-12)15-13(16)10(2)9-14-3;/h10-12,14H,4-9H2,1-3H3,(H,15,16);1H. The number of halogens is 1. The van der Waals surface area contributed by atoms with E-state index in [2.05, 4.69) is 17.6 Å². The lowest BCUT2D eigenvalue weighted by molar-refractivity contribution is -0.125. The maximum atomic E-state index is 11.9. The number of hydrogen-bond acceptors (Lipinski definition) is 3. The molecule has 0 spiro atoms. The van der Waals surface area contributed by atoms with E-state index in [0.717, 1.165) is 24.6 Å². The lowest BCUT2D eigenvalue weighted by Crippen LogP contribution is -2.43. The highest BCUT2D eigenvalue weighted by atomic mass is 35.5. The van der Waals surface area contributed by atoms with Crippen molar-refractivity contribution >= 4 is 30.1 Å². The van der Waals surface area contributed by atoms with Crippen LogP contribution in [0.3, 0.4) is 0 Å². The molecule has 108 valence electrons. The van der Waals surface area contributed by atoms with Crippen LogP contribution in [0.25, 0.3) is 0 Å². The number of carbonyl (C=O) groups is 1. The Morgan fingerprint density at radius 1 is 1.44 bits per heavy atom. The average Bonchev–Trinajstić information content (AvgIpc) is 2.30. The van der Waals surface area contributed by atoms with Gasteiger partial charge in [0.1, 0.15) is 0 Å². The van der Waals surface area contributed by atoms with Gasteiger partial charge in [0.05, 0.1) is 0 Å². The number of thioether (sulfide) groups is 1. The fourth-order valence-corrected chi connectivity index (χ4v) is 3.58. The lowest BCUT2D eigenvalue weighted by Gasteiger charge is -2.30. The highest BCUT2D eigenvalue weighted by Gasteiger charge is 2.24. The molecule has 5 heteroatoms. The van der Waals surface area contributed by atoms with Crippen LogP contribution in [0.5, 0.6) is 0 Å². The topological polar surface area (TPSA) is 41.1 Å². The van der Waals surface area contributed by atoms with Gasteiger partial charge in [0.15, 0.2) is 0 Å². The molecule has 3 atom stereocenters. The SMILES string of the molecule is CCSC1CCCC(NC(=O)C(C)CNC)C1.Cl. The van der Waals surface area contributed by atoms with E-state index in [9.17, 15) is 4.79 Å². The van der Waals surface area contributed by atoms with Crippen LogP contribution in [0.15, 0.2) is 0 Å². The van der Waals surface area contributed by atoms with E-state index < -0.39 is 0 Å². The summed E-state index contributed by atoms with van der Waals surface area (Å²) in [5, 5.41) is 7.00. The fraction of sp³-hybridized carbons (Fsp3) is 0.923. The monoisotopic (exact) mass is 294 g/mol. The second-order valence-electron chi connectivity index (χ2n) is 4.91. The Hall–Kier alpha value is 0.0700. The molecule has 3 unspecified atom stereocenters. The molecule has 1 saturated carbocycles. The molecule has 0 saturated heterocycles. The third-order valence-corrected chi connectivity index (χ3v) is 4.57. The average molecular weight is 295 g/mol. The van der Waals surface area contributed by atoms with Crippen LogP contribution >= 0.6 is 24.2 Å². The molecule has 0 heterocycles. The maximum absolute atomic E-state index is 11.9. The normalized spacial score (nSPS) is 25.1. The first kappa shape index (κ1) is 18.1. The minimum atomic E-state index is 0. The van der Waals surface area contributed by atoms with E-state index in [1.165, 1.54) is 18.6 Å². The largest absolute Gasteiger partial charge is 0.353 e. The Morgan fingerprint density at radius 3 is 2.78 bits per heavy atom. The molecule has 0 aromatic carbocycles. The summed E-state index contributed by atoms with van der Waals surface area (Å²) in [6.07, 6.45) is 4.87. The van der Waals surface area contributed by atoms with Crippen LogP contribution in [-0.4, -0.2) is 36.5 Å². The first-order chi connectivity index (χ1) is 8.17. The molecule has 1 rings (SSSR count). The Morgan fingerprint density at radius 2 is 2.17 bits per heavy atom. The molecule has 1 aliphatic rings. The number of rotatable bonds is 6. The Kier molecular flexibility index (Phi) is 9.97. The highest BCUT2D eigenvalue weighted by Crippen LogP contribution is 2.28. The molecular formula is C13H27ClN2OS. The van der Waals surface area contributed by atoms with Gasteiger partial charge in [-0.1, -0.05) is 20.3 Å². The van der Waals surface area contributed by atoms with Gasteiger partial charge < -0.3 is 10.6 Å². The van der Waals surface area contributed by atoms with Crippen LogP contribution < -0.4 is 10.6 Å². The number of amides is 1. The summed E-state index contributed by atoms with van der Waals surface area (Å²) in [7, 11) is 1.89. The van der Waals surface area contributed by atoms with Crippen LogP contribution in [0, 0.1) is 5.92 Å². The summed E-state index contributed by atoms with van der Waals surface area (Å²) in [5.74, 6) is 1.45. The van der Waals surface area contributed by atoms with Gasteiger partial charge in [-0.05, 0) is 32.1 Å². The van der Waals surface area contributed by atoms with E-state index in [-0.39, 0.29) is 24.2 Å². The smallest absolute Gasteiger partial charge is 0.224 e. The molecule has 1 aliphatic carbocycles. The Labute approximate surface area is 122 Å². The van der Waals surface area contributed by atoms with Crippen molar-refractivity contribution in [2.45, 2.75) is 50.8 Å². The number of nitrogens with one attached hydrogen (secondary N) is 2. The van der Waals surface area contributed by atoms with Crippen molar-refractivity contribution < 1.29 is 4.79 Å². The number of hydrogen-bond donors (Lipinski definition) is 2. The van der Waals surface area contributed by atoms with E-state index in [1.54, 1.807) is 0 Å². The quantitative estimate of drug-likeness (QED) is 0.791. The van der Waals surface area contributed by atoms with Crippen LogP contribution in [0.4, 0.5) is 0 Å². The minimum Gasteiger partial charge on any atom is -0.353 e. The van der Waals surface area contributed by atoms with Crippen LogP contribution in [0.1, 0.15) is 39.5 Å². The summed E-state index contributed by atoms with van der Waals surface area (Å²) < 4.78 is 0. The van der Waals surface area contributed by atoms with Crippen molar-refractivity contribution in [1.82, 2.24) is 10.6 Å². The Balaban J connectivity index is 0.00000289. The second kappa shape index (κ2) is 9.93. The molecule has 0 aliphatic heterocycles. The molecular weight excluding hydrogens is 268 g/mol. The van der Waals surface area contributed by atoms with Gasteiger partial charge in [0.25, 0.3) is 0 Å². The first-order valence-corrected chi connectivity index (χ1v) is 7.78. The van der Waals surface area contributed by atoms with Crippen molar-refractivity contribution in [1.29, 1.82) is 0 Å². The maximum Gasteiger partial charge on any atom is 0.224 e. The van der Waals surface area contributed by atoms with Crippen LogP contribution in [-0.2, 0) is 4.79 Å². The third-order valence-electron chi connectivity index (χ3n) is 3.33. The highest BCUT2D eigenvalue weighted by molar-refractivity contribution is 7.99. The third kappa shape index (κ3) is 6.30. The second-order valence-corrected chi connectivity index (χ2v) is 6.49. The van der Waals surface area contributed by atoms with E-state index in [0.29, 0.717) is 6.04 Å². The summed E-state index contributed by atoms with van der Waals surface area (Å²) in [4.78, 5) is 11.9. The van der Waals surface area contributed by atoms with Gasteiger partial charge in [-0.2, -0.15) is 11.8 Å². The predicted molar refractivity (Wildman–Crippen MR) is 82.7 cm³/mol. The summed E-state index contributed by atoms with van der Waals surface area (Å²) in [6.45, 7) is 4.94. The Bertz CT molecular complexity index is 239. The summed E-state index contributed by atoms with van der Waals surface area (Å²) in [6, 6.07) is 0.402. The molecule has 0 aromatic heterocycles. The molecule has 2 N–H and O–H groups in total. The molecule has 18 heavy (non-hydrogen) atoms. The zero-order valence-corrected chi connectivity index (χ0v) is 13.3. The van der Waals surface area contributed by atoms with Crippen molar-refractivity contribution in [2.75, 3.05) is 19.3 Å². The van der Waals surface area contributed by atoms with Gasteiger partial charge in [-0.3, -0.25) is 4.79 Å². The van der Waals surface area contributed by atoms with Crippen molar-refractivity contribution in [2.24, 2.45) is 5.92 Å². The minimum absolute atomic E-state index is 0. The first-order valence-electron chi connectivity index (χ1n) is 6.74. The lowest BCUT2D eigenvalue weighted by atomic mass is 9.94. The molecule has 0 aromatic rings.